The van der Waals surface area contributed by atoms with E-state index in [1.54, 1.807) is 0 Å². The van der Waals surface area contributed by atoms with Crippen molar-refractivity contribution in [3.63, 3.8) is 0 Å². The van der Waals surface area contributed by atoms with Gasteiger partial charge in [-0.15, -0.1) is 0 Å². The first-order valence-electron chi connectivity index (χ1n) is 6.84. The lowest BCUT2D eigenvalue weighted by Crippen LogP contribution is -2.63. The molecule has 0 aromatic carbocycles. The lowest BCUT2D eigenvalue weighted by molar-refractivity contribution is -0.231. The smallest absolute Gasteiger partial charge is 0.195 e. The molecule has 1 aliphatic rings. The quantitative estimate of drug-likeness (QED) is 0.212. The third-order valence-electron chi connectivity index (χ3n) is 3.72. The van der Waals surface area contributed by atoms with Crippen LogP contribution in [0.2, 0.25) is 0 Å². The Bertz CT molecular complexity index is 389. The third-order valence-corrected chi connectivity index (χ3v) is 3.72. The molecular formula is C12H22O11. The molecule has 0 aromatic rings. The van der Waals surface area contributed by atoms with Gasteiger partial charge in [0.1, 0.15) is 54.9 Å². The molecule has 0 radical (unpaired) electrons. The molecule has 1 rings (SSSR count). The average molecular weight is 342 g/mol. The van der Waals surface area contributed by atoms with Gasteiger partial charge in [0.15, 0.2) is 5.78 Å². The van der Waals surface area contributed by atoms with Gasteiger partial charge in [-0.25, -0.2) is 0 Å². The minimum Gasteiger partial charge on any atom is -0.394 e. The Hall–Kier alpha value is -0.730. The van der Waals surface area contributed by atoms with E-state index in [9.17, 15) is 40.5 Å². The highest BCUT2D eigenvalue weighted by atomic mass is 16.5. The summed E-state index contributed by atoms with van der Waals surface area (Å²) < 4.78 is 4.91. The predicted octanol–water partition coefficient (Wildman–Crippen LogP) is -6.17. The third kappa shape index (κ3) is 4.22. The summed E-state index contributed by atoms with van der Waals surface area (Å²) in [5, 5.41) is 84.5. The summed E-state index contributed by atoms with van der Waals surface area (Å²) in [6.45, 7) is -1.74. The predicted molar refractivity (Wildman–Crippen MR) is 69.9 cm³/mol. The van der Waals surface area contributed by atoms with Crippen molar-refractivity contribution in [3.05, 3.63) is 0 Å². The van der Waals surface area contributed by atoms with Crippen LogP contribution in [0.3, 0.4) is 0 Å². The molecule has 0 spiro atoms. The highest BCUT2D eigenvalue weighted by molar-refractivity contribution is 5.88. The summed E-state index contributed by atoms with van der Waals surface area (Å²) in [6, 6.07) is 0. The van der Waals surface area contributed by atoms with E-state index in [0.29, 0.717) is 0 Å². The van der Waals surface area contributed by atoms with Crippen molar-refractivity contribution >= 4 is 5.78 Å². The molecule has 9 N–H and O–H groups in total. The summed E-state index contributed by atoms with van der Waals surface area (Å²) in [5.74, 6) is -1.35. The summed E-state index contributed by atoms with van der Waals surface area (Å²) in [4.78, 5) is 12.1. The molecule has 136 valence electrons. The van der Waals surface area contributed by atoms with Crippen LogP contribution in [0.15, 0.2) is 0 Å². The lowest BCUT2D eigenvalue weighted by atomic mass is 9.89. The molecule has 0 bridgehead atoms. The second-order valence-corrected chi connectivity index (χ2v) is 5.33. The first-order valence-corrected chi connectivity index (χ1v) is 6.84. The minimum atomic E-state index is -2.33. The van der Waals surface area contributed by atoms with Gasteiger partial charge < -0.3 is 50.7 Å². The molecule has 1 fully saturated rings. The van der Waals surface area contributed by atoms with Crippen molar-refractivity contribution in [1.29, 1.82) is 0 Å². The zero-order valence-electron chi connectivity index (χ0n) is 12.0. The summed E-state index contributed by atoms with van der Waals surface area (Å²) in [5.41, 5.74) is 0. The van der Waals surface area contributed by atoms with Gasteiger partial charge in [0.05, 0.1) is 13.2 Å². The van der Waals surface area contributed by atoms with E-state index in [1.165, 1.54) is 0 Å². The fourth-order valence-electron chi connectivity index (χ4n) is 2.20. The Kier molecular flexibility index (Phi) is 7.41. The molecule has 23 heavy (non-hydrogen) atoms. The Morgan fingerprint density at radius 2 is 1.48 bits per heavy atom. The molecular weight excluding hydrogens is 320 g/mol. The number of hydrogen-bond donors (Lipinski definition) is 9. The second-order valence-electron chi connectivity index (χ2n) is 5.33. The molecule has 0 amide bonds. The first kappa shape index (κ1) is 20.3. The minimum absolute atomic E-state index is 0.792. The number of carbonyl (C=O) groups is 1. The highest BCUT2D eigenvalue weighted by Gasteiger charge is 2.49. The van der Waals surface area contributed by atoms with Gasteiger partial charge >= 0.3 is 0 Å². The molecule has 1 unspecified atom stereocenters. The van der Waals surface area contributed by atoms with E-state index in [-0.39, 0.29) is 0 Å². The van der Waals surface area contributed by atoms with Gasteiger partial charge in [-0.2, -0.15) is 0 Å². The maximum absolute atomic E-state index is 12.1. The fourth-order valence-corrected chi connectivity index (χ4v) is 2.20. The molecule has 9 atom stereocenters. The number of carbonyl (C=O) groups excluding carboxylic acids is 1. The largest absolute Gasteiger partial charge is 0.394 e. The Morgan fingerprint density at radius 1 is 0.913 bits per heavy atom. The van der Waals surface area contributed by atoms with Crippen LogP contribution in [-0.4, -0.2) is 120 Å². The molecule has 0 aliphatic carbocycles. The Morgan fingerprint density at radius 3 is 1.96 bits per heavy atom. The van der Waals surface area contributed by atoms with E-state index in [1.807, 2.05) is 0 Å². The average Bonchev–Trinajstić information content (AvgIpc) is 2.56. The molecule has 0 aromatic heterocycles. The Labute approximate surface area is 130 Å². The number of aliphatic hydroxyl groups excluding tert-OH is 9. The summed E-state index contributed by atoms with van der Waals surface area (Å²) in [6.07, 6.45) is -17.2. The molecule has 11 nitrogen and oxygen atoms in total. The van der Waals surface area contributed by atoms with Crippen molar-refractivity contribution in [1.82, 2.24) is 0 Å². The van der Waals surface area contributed by atoms with Crippen molar-refractivity contribution in [3.8, 4) is 0 Å². The zero-order chi connectivity index (χ0) is 17.9. The maximum atomic E-state index is 12.1. The topological polar surface area (TPSA) is 208 Å². The van der Waals surface area contributed by atoms with Crippen molar-refractivity contribution in [2.75, 3.05) is 13.2 Å². The fraction of sp³-hybridized carbons (Fsp3) is 0.917. The highest BCUT2D eigenvalue weighted by Crippen LogP contribution is 2.23. The lowest BCUT2D eigenvalue weighted by Gasteiger charge is -2.40. The molecule has 1 heterocycles. The van der Waals surface area contributed by atoms with Crippen LogP contribution in [-0.2, 0) is 9.53 Å². The number of aliphatic hydroxyl groups is 9. The SMILES string of the molecule is O=C(C1O[C@H](CO)[C@H](O)[C@H](O)[C@H]1O)[C@H](O)[C@@H](O)[C@@H](O)[C@H](O)CO. The summed E-state index contributed by atoms with van der Waals surface area (Å²) in [7, 11) is 0. The number of ether oxygens (including phenoxy) is 1. The standard InChI is InChI=1S/C12H22O11/c13-1-3(15)5(16)7(18)9(20)11(22)12-10(21)8(19)6(17)4(2-14)23-12/h3-10,12-21H,1-2H2/t3-,4-,5+,6+,7+,8+,9-,10-,12?/m1/s1. The van der Waals surface area contributed by atoms with Gasteiger partial charge in [-0.1, -0.05) is 0 Å². The maximum Gasteiger partial charge on any atom is 0.195 e. The molecule has 1 saturated heterocycles. The van der Waals surface area contributed by atoms with Crippen molar-refractivity contribution < 1.29 is 55.5 Å². The van der Waals surface area contributed by atoms with E-state index >= 15 is 0 Å². The van der Waals surface area contributed by atoms with Crippen LogP contribution in [0.5, 0.6) is 0 Å². The monoisotopic (exact) mass is 342 g/mol. The second kappa shape index (κ2) is 8.39. The van der Waals surface area contributed by atoms with Crippen LogP contribution >= 0.6 is 0 Å². The van der Waals surface area contributed by atoms with Crippen LogP contribution in [0.1, 0.15) is 0 Å². The number of ketones is 1. The zero-order valence-corrected chi connectivity index (χ0v) is 12.0. The molecule has 1 aliphatic heterocycles. The Balaban J connectivity index is 2.85. The van der Waals surface area contributed by atoms with Gasteiger partial charge in [0, 0.05) is 0 Å². The molecule has 11 heteroatoms. The van der Waals surface area contributed by atoms with Gasteiger partial charge in [-0.3, -0.25) is 4.79 Å². The van der Waals surface area contributed by atoms with Crippen molar-refractivity contribution in [2.45, 2.75) is 54.9 Å². The summed E-state index contributed by atoms with van der Waals surface area (Å²) >= 11 is 0. The first-order chi connectivity index (χ1) is 10.7. The van der Waals surface area contributed by atoms with E-state index in [2.05, 4.69) is 0 Å². The van der Waals surface area contributed by atoms with Gasteiger partial charge in [-0.05, 0) is 0 Å². The number of Topliss-reactive ketones (excluding diaryl/α,β-unsaturated/α-hetero) is 1. The van der Waals surface area contributed by atoms with Crippen LogP contribution in [0, 0.1) is 0 Å². The van der Waals surface area contributed by atoms with Crippen LogP contribution in [0.25, 0.3) is 0 Å². The van der Waals surface area contributed by atoms with Gasteiger partial charge in [0.2, 0.25) is 0 Å². The van der Waals surface area contributed by atoms with Crippen LogP contribution < -0.4 is 0 Å². The van der Waals surface area contributed by atoms with Crippen LogP contribution in [0.4, 0.5) is 0 Å². The van der Waals surface area contributed by atoms with E-state index < -0.39 is 73.9 Å². The van der Waals surface area contributed by atoms with Crippen molar-refractivity contribution in [2.24, 2.45) is 0 Å². The normalized spacial score (nSPS) is 37.0. The number of rotatable bonds is 7. The van der Waals surface area contributed by atoms with Gasteiger partial charge in [0.25, 0.3) is 0 Å². The van der Waals surface area contributed by atoms with E-state index in [4.69, 9.17) is 14.9 Å². The van der Waals surface area contributed by atoms with E-state index in [0.717, 1.165) is 0 Å². The molecule has 0 saturated carbocycles. The number of hydrogen-bond acceptors (Lipinski definition) is 11.